The molecule has 1 heterocycles. The fraction of sp³-hybridized carbons (Fsp3) is 0.348. The largest absolute Gasteiger partial charge is 0.371 e. The Bertz CT molecular complexity index is 906. The standard InChI is InChI=1S/C23H26Cl2N2OS/c1-23(2,3)18-5-8-21(9-6-18)29-15-20(13-27-11-10-26-16-27)28-14-17-4-7-19(24)12-22(17)25/h4-12,16,20H,13-15H2,1-3H3. The lowest BCUT2D eigenvalue weighted by Gasteiger charge is -2.20. The second-order valence-corrected chi connectivity index (χ2v) is 9.95. The molecule has 0 fully saturated rings. The van der Waals surface area contributed by atoms with E-state index in [1.807, 2.05) is 29.2 Å². The minimum atomic E-state index is 0.0169. The highest BCUT2D eigenvalue weighted by atomic mass is 35.5. The molecule has 1 atom stereocenters. The summed E-state index contributed by atoms with van der Waals surface area (Å²) in [5, 5.41) is 1.26. The van der Waals surface area contributed by atoms with Gasteiger partial charge in [-0.3, -0.25) is 0 Å². The number of benzene rings is 2. The van der Waals surface area contributed by atoms with Gasteiger partial charge in [-0.2, -0.15) is 0 Å². The molecule has 2 aromatic carbocycles. The molecule has 3 nitrogen and oxygen atoms in total. The van der Waals surface area contributed by atoms with Gasteiger partial charge in [-0.25, -0.2) is 4.98 Å². The van der Waals surface area contributed by atoms with Crippen molar-refractivity contribution in [1.29, 1.82) is 0 Å². The van der Waals surface area contributed by atoms with Crippen molar-refractivity contribution in [2.45, 2.75) is 50.3 Å². The maximum Gasteiger partial charge on any atom is 0.0946 e. The summed E-state index contributed by atoms with van der Waals surface area (Å²) in [7, 11) is 0. The summed E-state index contributed by atoms with van der Waals surface area (Å²) in [5.41, 5.74) is 2.44. The van der Waals surface area contributed by atoms with Crippen LogP contribution in [0, 0.1) is 0 Å². The Balaban J connectivity index is 1.63. The quantitative estimate of drug-likeness (QED) is 0.351. The van der Waals surface area contributed by atoms with Crippen molar-refractivity contribution in [3.05, 3.63) is 82.4 Å². The highest BCUT2D eigenvalue weighted by molar-refractivity contribution is 7.99. The van der Waals surface area contributed by atoms with Crippen LogP contribution in [0.25, 0.3) is 0 Å². The highest BCUT2D eigenvalue weighted by Crippen LogP contribution is 2.27. The Morgan fingerprint density at radius 1 is 1.10 bits per heavy atom. The fourth-order valence-corrected chi connectivity index (χ4v) is 4.24. The molecule has 0 N–H and O–H groups in total. The van der Waals surface area contributed by atoms with Crippen molar-refractivity contribution in [2.75, 3.05) is 5.75 Å². The summed E-state index contributed by atoms with van der Waals surface area (Å²) in [4.78, 5) is 5.37. The molecular formula is C23H26Cl2N2OS. The van der Waals surface area contributed by atoms with Gasteiger partial charge in [0, 0.05) is 33.1 Å². The normalized spacial score (nSPS) is 12.9. The monoisotopic (exact) mass is 448 g/mol. The lowest BCUT2D eigenvalue weighted by atomic mass is 9.87. The fourth-order valence-electron chi connectivity index (χ4n) is 2.87. The summed E-state index contributed by atoms with van der Waals surface area (Å²) in [6, 6.07) is 14.3. The zero-order valence-electron chi connectivity index (χ0n) is 16.9. The number of ether oxygens (including phenoxy) is 1. The smallest absolute Gasteiger partial charge is 0.0946 e. The third kappa shape index (κ3) is 6.78. The van der Waals surface area contributed by atoms with E-state index in [0.717, 1.165) is 17.9 Å². The van der Waals surface area contributed by atoms with E-state index in [2.05, 4.69) is 50.0 Å². The molecule has 0 saturated carbocycles. The first-order valence-corrected chi connectivity index (χ1v) is 11.3. The zero-order chi connectivity index (χ0) is 20.9. The predicted octanol–water partition coefficient (Wildman–Crippen LogP) is 6.87. The third-order valence-corrected chi connectivity index (χ3v) is 6.35. The van der Waals surface area contributed by atoms with Crippen molar-refractivity contribution >= 4 is 35.0 Å². The number of halogens is 2. The van der Waals surface area contributed by atoms with E-state index in [4.69, 9.17) is 27.9 Å². The van der Waals surface area contributed by atoms with Gasteiger partial charge in [0.2, 0.25) is 0 Å². The molecule has 0 bridgehead atoms. The number of hydrogen-bond acceptors (Lipinski definition) is 3. The molecular weight excluding hydrogens is 423 g/mol. The average Bonchev–Trinajstić information content (AvgIpc) is 3.18. The molecule has 0 spiro atoms. The van der Waals surface area contributed by atoms with E-state index in [1.54, 1.807) is 24.0 Å². The Hall–Kier alpha value is -1.46. The van der Waals surface area contributed by atoms with Gasteiger partial charge in [0.1, 0.15) is 0 Å². The SMILES string of the molecule is CC(C)(C)c1ccc(SCC(Cn2ccnc2)OCc2ccc(Cl)cc2Cl)cc1. The van der Waals surface area contributed by atoms with Crippen LogP contribution in [0.2, 0.25) is 10.0 Å². The van der Waals surface area contributed by atoms with Crippen LogP contribution in [0.1, 0.15) is 31.9 Å². The van der Waals surface area contributed by atoms with E-state index in [-0.39, 0.29) is 11.5 Å². The van der Waals surface area contributed by atoms with Crippen molar-refractivity contribution < 1.29 is 4.74 Å². The van der Waals surface area contributed by atoms with Gasteiger partial charge >= 0.3 is 0 Å². The number of imidazole rings is 1. The Morgan fingerprint density at radius 2 is 1.86 bits per heavy atom. The van der Waals surface area contributed by atoms with Crippen LogP contribution < -0.4 is 0 Å². The van der Waals surface area contributed by atoms with Gasteiger partial charge in [-0.15, -0.1) is 11.8 Å². The first-order valence-electron chi connectivity index (χ1n) is 9.56. The second-order valence-electron chi connectivity index (χ2n) is 8.01. The first kappa shape index (κ1) is 22.2. The summed E-state index contributed by atoms with van der Waals surface area (Å²) in [6.07, 6.45) is 5.57. The molecule has 29 heavy (non-hydrogen) atoms. The maximum absolute atomic E-state index is 6.30. The molecule has 0 saturated heterocycles. The molecule has 0 aliphatic heterocycles. The van der Waals surface area contributed by atoms with E-state index in [9.17, 15) is 0 Å². The molecule has 3 aromatic rings. The molecule has 0 radical (unpaired) electrons. The number of nitrogens with zero attached hydrogens (tertiary/aromatic N) is 2. The average molecular weight is 449 g/mol. The van der Waals surface area contributed by atoms with Crippen molar-refractivity contribution in [1.82, 2.24) is 9.55 Å². The number of aromatic nitrogens is 2. The van der Waals surface area contributed by atoms with Gasteiger partial charge < -0.3 is 9.30 Å². The first-order chi connectivity index (χ1) is 13.8. The molecule has 0 aliphatic carbocycles. The number of hydrogen-bond donors (Lipinski definition) is 0. The van der Waals surface area contributed by atoms with Crippen LogP contribution in [0.15, 0.2) is 66.1 Å². The molecule has 0 aliphatic rings. The lowest BCUT2D eigenvalue weighted by molar-refractivity contribution is 0.0451. The Morgan fingerprint density at radius 3 is 2.48 bits per heavy atom. The van der Waals surface area contributed by atoms with Crippen LogP contribution in [0.5, 0.6) is 0 Å². The summed E-state index contributed by atoms with van der Waals surface area (Å²) >= 11 is 14.1. The highest BCUT2D eigenvalue weighted by Gasteiger charge is 2.15. The molecule has 3 rings (SSSR count). The van der Waals surface area contributed by atoms with E-state index in [1.165, 1.54) is 10.5 Å². The Labute approximate surface area is 187 Å². The van der Waals surface area contributed by atoms with Crippen molar-refractivity contribution in [3.63, 3.8) is 0 Å². The summed E-state index contributed by atoms with van der Waals surface area (Å²) in [6.45, 7) is 7.86. The van der Waals surface area contributed by atoms with E-state index < -0.39 is 0 Å². The van der Waals surface area contributed by atoms with E-state index in [0.29, 0.717) is 16.7 Å². The van der Waals surface area contributed by atoms with Crippen LogP contribution in [0.3, 0.4) is 0 Å². The predicted molar refractivity (Wildman–Crippen MR) is 123 cm³/mol. The Kier molecular flexibility index (Phi) is 7.69. The maximum atomic E-state index is 6.30. The van der Waals surface area contributed by atoms with E-state index >= 15 is 0 Å². The van der Waals surface area contributed by atoms with Crippen LogP contribution in [0.4, 0.5) is 0 Å². The molecule has 0 amide bonds. The van der Waals surface area contributed by atoms with Gasteiger partial charge in [-0.1, -0.05) is 62.2 Å². The summed E-state index contributed by atoms with van der Waals surface area (Å²) < 4.78 is 8.26. The minimum Gasteiger partial charge on any atom is -0.371 e. The zero-order valence-corrected chi connectivity index (χ0v) is 19.3. The van der Waals surface area contributed by atoms with Gasteiger partial charge in [0.25, 0.3) is 0 Å². The topological polar surface area (TPSA) is 27.1 Å². The molecule has 1 unspecified atom stereocenters. The third-order valence-electron chi connectivity index (χ3n) is 4.62. The molecule has 1 aromatic heterocycles. The number of rotatable bonds is 8. The second kappa shape index (κ2) is 10.0. The van der Waals surface area contributed by atoms with Crippen LogP contribution in [-0.2, 0) is 23.3 Å². The minimum absolute atomic E-state index is 0.0169. The lowest BCUT2D eigenvalue weighted by Crippen LogP contribution is -2.22. The van der Waals surface area contributed by atoms with Gasteiger partial charge in [-0.05, 0) is 40.8 Å². The van der Waals surface area contributed by atoms with Crippen LogP contribution in [-0.4, -0.2) is 21.4 Å². The van der Waals surface area contributed by atoms with Crippen molar-refractivity contribution in [3.8, 4) is 0 Å². The van der Waals surface area contributed by atoms with Gasteiger partial charge in [0.15, 0.2) is 0 Å². The number of thioether (sulfide) groups is 1. The van der Waals surface area contributed by atoms with Gasteiger partial charge in [0.05, 0.1) is 25.6 Å². The van der Waals surface area contributed by atoms with Crippen LogP contribution >= 0.6 is 35.0 Å². The molecule has 154 valence electrons. The van der Waals surface area contributed by atoms with Crippen molar-refractivity contribution in [2.24, 2.45) is 0 Å². The molecule has 6 heteroatoms. The summed E-state index contributed by atoms with van der Waals surface area (Å²) in [5.74, 6) is 0.832.